The van der Waals surface area contributed by atoms with Crippen molar-refractivity contribution in [1.29, 1.82) is 0 Å². The van der Waals surface area contributed by atoms with Crippen molar-refractivity contribution in [3.63, 3.8) is 0 Å². The van der Waals surface area contributed by atoms with E-state index in [9.17, 15) is 5.11 Å². The van der Waals surface area contributed by atoms with E-state index in [1.54, 1.807) is 35.9 Å². The minimum atomic E-state index is 0.0419. The van der Waals surface area contributed by atoms with Gasteiger partial charge in [0.05, 0.1) is 25.5 Å². The van der Waals surface area contributed by atoms with Crippen molar-refractivity contribution in [3.8, 4) is 39.9 Å². The summed E-state index contributed by atoms with van der Waals surface area (Å²) >= 11 is 6.05. The zero-order chi connectivity index (χ0) is 19.0. The molecular formula is C19H15ClN4O3. The van der Waals surface area contributed by atoms with Crippen LogP contribution < -0.4 is 9.47 Å². The monoisotopic (exact) mass is 382 g/mol. The molecule has 2 aromatic heterocycles. The van der Waals surface area contributed by atoms with Crippen LogP contribution in [0.5, 0.6) is 17.2 Å². The normalized spacial score (nSPS) is 10.9. The molecule has 0 saturated heterocycles. The van der Waals surface area contributed by atoms with E-state index in [4.69, 9.17) is 21.1 Å². The summed E-state index contributed by atoms with van der Waals surface area (Å²) in [6.07, 6.45) is 0. The zero-order valence-corrected chi connectivity index (χ0v) is 15.3. The van der Waals surface area contributed by atoms with Crippen molar-refractivity contribution in [2.45, 2.75) is 0 Å². The Kier molecular flexibility index (Phi) is 4.29. The fourth-order valence-corrected chi connectivity index (χ4v) is 2.97. The van der Waals surface area contributed by atoms with Gasteiger partial charge < -0.3 is 14.6 Å². The molecule has 0 aliphatic rings. The quantitative estimate of drug-likeness (QED) is 0.577. The number of aromatic hydroxyl groups is 1. The third-order valence-electron chi connectivity index (χ3n) is 4.14. The number of methoxy groups -OCH3 is 2. The summed E-state index contributed by atoms with van der Waals surface area (Å²) in [4.78, 5) is 0. The number of nitrogens with zero attached hydrogens (tertiary/aromatic N) is 4. The predicted octanol–water partition coefficient (Wildman–Crippen LogP) is 3.83. The lowest BCUT2D eigenvalue weighted by Crippen LogP contribution is -1.99. The molecule has 0 radical (unpaired) electrons. The summed E-state index contributed by atoms with van der Waals surface area (Å²) in [6, 6.07) is 14.0. The molecule has 0 spiro atoms. The molecule has 8 heteroatoms. The third-order valence-corrected chi connectivity index (χ3v) is 4.38. The molecule has 136 valence electrons. The van der Waals surface area contributed by atoms with Gasteiger partial charge in [0.25, 0.3) is 0 Å². The Bertz CT molecular complexity index is 1140. The molecule has 1 N–H and O–H groups in total. The summed E-state index contributed by atoms with van der Waals surface area (Å²) in [7, 11) is 3.07. The van der Waals surface area contributed by atoms with E-state index in [1.165, 1.54) is 7.11 Å². The number of rotatable bonds is 4. The minimum Gasteiger partial charge on any atom is -0.504 e. The van der Waals surface area contributed by atoms with Gasteiger partial charge in [0, 0.05) is 10.6 Å². The maximum Gasteiger partial charge on any atom is 0.189 e. The highest BCUT2D eigenvalue weighted by Crippen LogP contribution is 2.33. The molecule has 2 aromatic carbocycles. The Morgan fingerprint density at radius 2 is 1.74 bits per heavy atom. The van der Waals surface area contributed by atoms with Crippen molar-refractivity contribution in [3.05, 3.63) is 53.6 Å². The van der Waals surface area contributed by atoms with Crippen LogP contribution in [0.1, 0.15) is 0 Å². The highest BCUT2D eigenvalue weighted by molar-refractivity contribution is 6.30. The molecule has 0 amide bonds. The molecule has 0 aliphatic carbocycles. The van der Waals surface area contributed by atoms with Crippen molar-refractivity contribution in [2.24, 2.45) is 0 Å². The molecule has 7 nitrogen and oxygen atoms in total. The summed E-state index contributed by atoms with van der Waals surface area (Å²) < 4.78 is 12.1. The molecule has 0 saturated carbocycles. The highest BCUT2D eigenvalue weighted by Gasteiger charge is 2.16. The van der Waals surface area contributed by atoms with E-state index in [1.807, 2.05) is 24.3 Å². The lowest BCUT2D eigenvalue weighted by Gasteiger charge is -2.08. The second-order valence-corrected chi connectivity index (χ2v) is 6.18. The predicted molar refractivity (Wildman–Crippen MR) is 101 cm³/mol. The van der Waals surface area contributed by atoms with E-state index in [0.717, 1.165) is 11.1 Å². The van der Waals surface area contributed by atoms with Gasteiger partial charge in [0.2, 0.25) is 0 Å². The van der Waals surface area contributed by atoms with E-state index in [0.29, 0.717) is 33.7 Å². The average Bonchev–Trinajstić information content (AvgIpc) is 3.10. The van der Waals surface area contributed by atoms with Crippen LogP contribution in [-0.4, -0.2) is 39.1 Å². The number of hydrogen-bond donors (Lipinski definition) is 1. The number of benzene rings is 2. The van der Waals surface area contributed by atoms with Gasteiger partial charge >= 0.3 is 0 Å². The number of aromatic nitrogens is 4. The lowest BCUT2D eigenvalue weighted by atomic mass is 10.1. The molecule has 0 unspecified atom stereocenters. The van der Waals surface area contributed by atoms with Crippen LogP contribution in [0, 0.1) is 0 Å². The second kappa shape index (κ2) is 6.77. The summed E-state index contributed by atoms with van der Waals surface area (Å²) in [5.74, 6) is 1.54. The van der Waals surface area contributed by atoms with E-state index in [-0.39, 0.29) is 5.75 Å². The van der Waals surface area contributed by atoms with Gasteiger partial charge in [-0.05, 0) is 48.5 Å². The van der Waals surface area contributed by atoms with Crippen molar-refractivity contribution >= 4 is 17.2 Å². The number of hydrogen-bond acceptors (Lipinski definition) is 6. The molecule has 0 aliphatic heterocycles. The van der Waals surface area contributed by atoms with Gasteiger partial charge in [-0.1, -0.05) is 11.6 Å². The van der Waals surface area contributed by atoms with Crippen molar-refractivity contribution in [1.82, 2.24) is 19.8 Å². The molecule has 4 aromatic rings. The Hall–Kier alpha value is -3.32. The number of halogens is 1. The maximum absolute atomic E-state index is 10.0. The van der Waals surface area contributed by atoms with Gasteiger partial charge in [0.1, 0.15) is 5.75 Å². The molecule has 0 bridgehead atoms. The van der Waals surface area contributed by atoms with Crippen LogP contribution in [0.15, 0.2) is 48.5 Å². The number of phenols is 1. The SMILES string of the molecule is COc1ccc(-c2ccc3nnc(-c4ccc(Cl)cc4OC)n3n2)cc1O. The van der Waals surface area contributed by atoms with Crippen molar-refractivity contribution in [2.75, 3.05) is 14.2 Å². The number of fused-ring (bicyclic) bond motifs is 1. The van der Waals surface area contributed by atoms with Gasteiger partial charge in [-0.3, -0.25) is 0 Å². The first kappa shape index (κ1) is 17.1. The minimum absolute atomic E-state index is 0.0419. The van der Waals surface area contributed by atoms with E-state index in [2.05, 4.69) is 15.3 Å². The van der Waals surface area contributed by atoms with E-state index >= 15 is 0 Å². The van der Waals surface area contributed by atoms with Gasteiger partial charge in [-0.15, -0.1) is 10.2 Å². The highest BCUT2D eigenvalue weighted by atomic mass is 35.5. The molecule has 2 heterocycles. The first-order valence-electron chi connectivity index (χ1n) is 8.04. The fourth-order valence-electron chi connectivity index (χ4n) is 2.81. The van der Waals surface area contributed by atoms with Crippen molar-refractivity contribution < 1.29 is 14.6 Å². The zero-order valence-electron chi connectivity index (χ0n) is 14.5. The van der Waals surface area contributed by atoms with Crippen LogP contribution in [0.4, 0.5) is 0 Å². The number of phenolic OH excluding ortho intramolecular Hbond substituents is 1. The van der Waals surface area contributed by atoms with Gasteiger partial charge in [-0.25, -0.2) is 0 Å². The number of ether oxygens (including phenoxy) is 2. The fraction of sp³-hybridized carbons (Fsp3) is 0.105. The van der Waals surface area contributed by atoms with E-state index < -0.39 is 0 Å². The summed E-state index contributed by atoms with van der Waals surface area (Å²) in [5.41, 5.74) is 2.69. The van der Waals surface area contributed by atoms with Gasteiger partial charge in [-0.2, -0.15) is 9.61 Å². The standard InChI is InChI=1S/C19H15ClN4O3/c1-26-16-7-3-11(9-15(16)25)14-6-8-18-21-22-19(24(18)23-14)13-5-4-12(20)10-17(13)27-2/h3-10,25H,1-2H3. The summed E-state index contributed by atoms with van der Waals surface area (Å²) in [6.45, 7) is 0. The third kappa shape index (κ3) is 3.02. The smallest absolute Gasteiger partial charge is 0.189 e. The average molecular weight is 383 g/mol. The molecule has 0 fully saturated rings. The lowest BCUT2D eigenvalue weighted by molar-refractivity contribution is 0.373. The Morgan fingerprint density at radius 1 is 0.926 bits per heavy atom. The molecule has 4 rings (SSSR count). The maximum atomic E-state index is 10.0. The second-order valence-electron chi connectivity index (χ2n) is 5.74. The molecule has 27 heavy (non-hydrogen) atoms. The first-order chi connectivity index (χ1) is 13.1. The van der Waals surface area contributed by atoms with Crippen LogP contribution in [0.2, 0.25) is 5.02 Å². The Morgan fingerprint density at radius 3 is 2.48 bits per heavy atom. The first-order valence-corrected chi connectivity index (χ1v) is 8.42. The Balaban J connectivity index is 1.86. The topological polar surface area (TPSA) is 81.8 Å². The van der Waals surface area contributed by atoms with Crippen LogP contribution in [-0.2, 0) is 0 Å². The molecule has 0 atom stereocenters. The largest absolute Gasteiger partial charge is 0.504 e. The van der Waals surface area contributed by atoms with Crippen LogP contribution >= 0.6 is 11.6 Å². The van der Waals surface area contributed by atoms with Crippen LogP contribution in [0.3, 0.4) is 0 Å². The van der Waals surface area contributed by atoms with Gasteiger partial charge in [0.15, 0.2) is 23.0 Å². The van der Waals surface area contributed by atoms with Crippen LogP contribution in [0.25, 0.3) is 28.3 Å². The Labute approximate surface area is 159 Å². The molecular weight excluding hydrogens is 368 g/mol. The summed E-state index contributed by atoms with van der Waals surface area (Å²) in [5, 5.41) is 23.6.